The quantitative estimate of drug-likeness (QED) is 0.632. The zero-order chi connectivity index (χ0) is 8.10. The lowest BCUT2D eigenvalue weighted by molar-refractivity contribution is 0.195. The number of amides is 1. The summed E-state index contributed by atoms with van der Waals surface area (Å²) in [5, 5.41) is 10.6. The highest BCUT2D eigenvalue weighted by atomic mass is 16.4. The molecule has 0 unspecified atom stereocenters. The van der Waals surface area contributed by atoms with Gasteiger partial charge in [0.15, 0.2) is 0 Å². The topological polar surface area (TPSA) is 49.3 Å². The fraction of sp³-hybridized carbons (Fsp3) is 0.375. The Bertz CT molecular complexity index is 206. The van der Waals surface area contributed by atoms with Gasteiger partial charge in [-0.2, -0.15) is 0 Å². The van der Waals surface area contributed by atoms with Crippen LogP contribution in [0.4, 0.5) is 4.79 Å². The monoisotopic (exact) mass is 153 g/mol. The summed E-state index contributed by atoms with van der Waals surface area (Å²) in [7, 11) is 0. The van der Waals surface area contributed by atoms with Gasteiger partial charge in [-0.25, -0.2) is 4.79 Å². The fourth-order valence-electron chi connectivity index (χ4n) is 0.976. The van der Waals surface area contributed by atoms with Gasteiger partial charge in [0, 0.05) is 6.54 Å². The lowest BCUT2D eigenvalue weighted by Gasteiger charge is -2.05. The van der Waals surface area contributed by atoms with Crippen molar-refractivity contribution in [2.24, 2.45) is 0 Å². The van der Waals surface area contributed by atoms with Crippen LogP contribution >= 0.6 is 0 Å². The minimum atomic E-state index is -0.968. The van der Waals surface area contributed by atoms with Gasteiger partial charge in [0.05, 0.1) is 0 Å². The number of carboxylic acid groups (broad SMARTS) is 1. The Balaban J connectivity index is 2.31. The van der Waals surface area contributed by atoms with Gasteiger partial charge in [0.25, 0.3) is 0 Å². The summed E-state index contributed by atoms with van der Waals surface area (Å²) in [5.74, 6) is 0. The molecule has 0 aromatic carbocycles. The van der Waals surface area contributed by atoms with Crippen LogP contribution in [0.1, 0.15) is 12.8 Å². The third-order valence-electron chi connectivity index (χ3n) is 1.52. The van der Waals surface area contributed by atoms with Crippen LogP contribution in [0, 0.1) is 0 Å². The van der Waals surface area contributed by atoms with Gasteiger partial charge in [0.1, 0.15) is 0 Å². The maximum atomic E-state index is 10.1. The Morgan fingerprint density at radius 2 is 2.45 bits per heavy atom. The number of allylic oxidation sites excluding steroid dienone is 2. The number of carbonyl (C=O) groups is 1. The first kappa shape index (κ1) is 7.85. The average molecular weight is 153 g/mol. The molecule has 0 fully saturated rings. The zero-order valence-corrected chi connectivity index (χ0v) is 6.21. The van der Waals surface area contributed by atoms with E-state index >= 15 is 0 Å². The molecule has 0 radical (unpaired) electrons. The van der Waals surface area contributed by atoms with Crippen LogP contribution in [0.25, 0.3) is 0 Å². The Morgan fingerprint density at radius 3 is 3.00 bits per heavy atom. The van der Waals surface area contributed by atoms with Crippen LogP contribution in [0.2, 0.25) is 0 Å². The highest BCUT2D eigenvalue weighted by Gasteiger charge is 1.98. The van der Waals surface area contributed by atoms with Gasteiger partial charge in [-0.15, -0.1) is 0 Å². The summed E-state index contributed by atoms with van der Waals surface area (Å²) in [6.07, 6.45) is 7.18. The van der Waals surface area contributed by atoms with Crippen molar-refractivity contribution in [2.75, 3.05) is 6.54 Å². The molecule has 1 aliphatic carbocycles. The largest absolute Gasteiger partial charge is 0.465 e. The molecule has 0 aliphatic heterocycles. The van der Waals surface area contributed by atoms with Crippen LogP contribution in [0.5, 0.6) is 0 Å². The molecule has 60 valence electrons. The van der Waals surface area contributed by atoms with Crippen molar-refractivity contribution < 1.29 is 9.90 Å². The van der Waals surface area contributed by atoms with Crippen LogP contribution in [-0.2, 0) is 0 Å². The number of hydrogen-bond donors (Lipinski definition) is 2. The van der Waals surface area contributed by atoms with Crippen LogP contribution in [0.3, 0.4) is 0 Å². The minimum Gasteiger partial charge on any atom is -0.465 e. The van der Waals surface area contributed by atoms with E-state index < -0.39 is 6.09 Å². The lowest BCUT2D eigenvalue weighted by Crippen LogP contribution is -2.23. The van der Waals surface area contributed by atoms with Gasteiger partial charge in [-0.3, -0.25) is 0 Å². The number of nitrogens with one attached hydrogen (secondary N) is 1. The van der Waals surface area contributed by atoms with Crippen molar-refractivity contribution in [1.82, 2.24) is 5.32 Å². The maximum Gasteiger partial charge on any atom is 0.404 e. The van der Waals surface area contributed by atoms with E-state index in [9.17, 15) is 4.79 Å². The molecule has 2 N–H and O–H groups in total. The third-order valence-corrected chi connectivity index (χ3v) is 1.52. The molecule has 0 atom stereocenters. The number of hydrogen-bond acceptors (Lipinski definition) is 1. The standard InChI is InChI=1S/C8H11NO2/c10-8(11)9-6-7-4-2-1-3-5-7/h2,4-5,9H,1,3,6H2,(H,10,11). The van der Waals surface area contributed by atoms with Gasteiger partial charge in [-0.1, -0.05) is 18.2 Å². The normalized spacial score (nSPS) is 15.8. The van der Waals surface area contributed by atoms with Gasteiger partial charge in [-0.05, 0) is 18.4 Å². The molecule has 0 spiro atoms. The van der Waals surface area contributed by atoms with Crippen molar-refractivity contribution in [3.8, 4) is 0 Å². The van der Waals surface area contributed by atoms with Crippen molar-refractivity contribution in [1.29, 1.82) is 0 Å². The molecule has 0 heterocycles. The highest BCUT2D eigenvalue weighted by Crippen LogP contribution is 2.07. The Hall–Kier alpha value is -1.25. The second-order valence-electron chi connectivity index (χ2n) is 2.42. The molecular formula is C8H11NO2. The van der Waals surface area contributed by atoms with Crippen LogP contribution in [-0.4, -0.2) is 17.7 Å². The summed E-state index contributed by atoms with van der Waals surface area (Å²) >= 11 is 0. The van der Waals surface area contributed by atoms with E-state index in [1.807, 2.05) is 6.08 Å². The van der Waals surface area contributed by atoms with Gasteiger partial charge in [0.2, 0.25) is 0 Å². The molecule has 3 nitrogen and oxygen atoms in total. The molecule has 0 bridgehead atoms. The predicted molar refractivity (Wildman–Crippen MR) is 42.5 cm³/mol. The third kappa shape index (κ3) is 2.89. The van der Waals surface area contributed by atoms with Gasteiger partial charge >= 0.3 is 6.09 Å². The molecular weight excluding hydrogens is 142 g/mol. The first-order valence-corrected chi connectivity index (χ1v) is 3.61. The van der Waals surface area contributed by atoms with E-state index in [-0.39, 0.29) is 0 Å². The molecule has 0 saturated heterocycles. The molecule has 0 saturated carbocycles. The van der Waals surface area contributed by atoms with Crippen molar-refractivity contribution in [3.63, 3.8) is 0 Å². The highest BCUT2D eigenvalue weighted by molar-refractivity contribution is 5.64. The SMILES string of the molecule is O=C(O)NCC1=CCCC=C1. The Morgan fingerprint density at radius 1 is 1.64 bits per heavy atom. The molecule has 3 heteroatoms. The summed E-state index contributed by atoms with van der Waals surface area (Å²) in [4.78, 5) is 10.1. The van der Waals surface area contributed by atoms with Crippen LogP contribution in [0.15, 0.2) is 23.8 Å². The van der Waals surface area contributed by atoms with E-state index in [0.29, 0.717) is 6.54 Å². The molecule has 11 heavy (non-hydrogen) atoms. The zero-order valence-electron chi connectivity index (χ0n) is 6.21. The number of rotatable bonds is 2. The summed E-state index contributed by atoms with van der Waals surface area (Å²) in [6.45, 7) is 0.422. The van der Waals surface area contributed by atoms with Crippen molar-refractivity contribution >= 4 is 6.09 Å². The maximum absolute atomic E-state index is 10.1. The second-order valence-corrected chi connectivity index (χ2v) is 2.42. The smallest absolute Gasteiger partial charge is 0.404 e. The van der Waals surface area contributed by atoms with Crippen molar-refractivity contribution in [2.45, 2.75) is 12.8 Å². The second kappa shape index (κ2) is 3.81. The summed E-state index contributed by atoms with van der Waals surface area (Å²) < 4.78 is 0. The first-order valence-electron chi connectivity index (χ1n) is 3.61. The van der Waals surface area contributed by atoms with Crippen molar-refractivity contribution in [3.05, 3.63) is 23.8 Å². The van der Waals surface area contributed by atoms with E-state index in [1.165, 1.54) is 0 Å². The van der Waals surface area contributed by atoms with E-state index in [0.717, 1.165) is 18.4 Å². The fourth-order valence-corrected chi connectivity index (χ4v) is 0.976. The Kier molecular flexibility index (Phi) is 2.72. The van der Waals surface area contributed by atoms with E-state index in [4.69, 9.17) is 5.11 Å². The molecule has 1 amide bonds. The first-order chi connectivity index (χ1) is 5.29. The predicted octanol–water partition coefficient (Wildman–Crippen LogP) is 1.53. The minimum absolute atomic E-state index is 0.422. The molecule has 0 aromatic heterocycles. The van der Waals surface area contributed by atoms with E-state index in [1.54, 1.807) is 0 Å². The summed E-state index contributed by atoms with van der Waals surface area (Å²) in [5.41, 5.74) is 1.05. The molecule has 0 aromatic rings. The lowest BCUT2D eigenvalue weighted by atomic mass is 10.1. The average Bonchev–Trinajstić information content (AvgIpc) is 2.03. The van der Waals surface area contributed by atoms with Gasteiger partial charge < -0.3 is 10.4 Å². The van der Waals surface area contributed by atoms with Crippen LogP contribution < -0.4 is 5.32 Å². The molecule has 1 aliphatic rings. The summed E-state index contributed by atoms with van der Waals surface area (Å²) in [6, 6.07) is 0. The Labute approximate surface area is 65.4 Å². The van der Waals surface area contributed by atoms with E-state index in [2.05, 4.69) is 17.5 Å². The molecule has 1 rings (SSSR count).